The first-order chi connectivity index (χ1) is 19.8. The van der Waals surface area contributed by atoms with Gasteiger partial charge < -0.3 is 9.47 Å². The minimum absolute atomic E-state index is 0.0834. The summed E-state index contributed by atoms with van der Waals surface area (Å²) in [5.74, 6) is 1.45. The second kappa shape index (κ2) is 10.7. The Kier molecular flexibility index (Phi) is 7.12. The number of nitro groups is 1. The van der Waals surface area contributed by atoms with Crippen molar-refractivity contribution in [3.05, 3.63) is 106 Å². The number of nitrogens with zero attached hydrogens (tertiary/aromatic N) is 2. The van der Waals surface area contributed by atoms with E-state index in [1.54, 1.807) is 36.9 Å². The molecule has 5 aromatic rings. The van der Waals surface area contributed by atoms with Crippen LogP contribution in [0, 0.1) is 10.1 Å². The molecule has 3 aromatic carbocycles. The molecule has 0 saturated heterocycles. The van der Waals surface area contributed by atoms with Gasteiger partial charge in [-0.05, 0) is 64.7 Å². The molecule has 208 valence electrons. The molecule has 11 heteroatoms. The Morgan fingerprint density at radius 3 is 1.76 bits per heavy atom. The predicted octanol–water partition coefficient (Wildman–Crippen LogP) is 7.44. The fraction of sp³-hybridized carbons (Fsp3) is 0.133. The maximum atomic E-state index is 14.0. The van der Waals surface area contributed by atoms with Crippen molar-refractivity contribution in [2.75, 3.05) is 14.2 Å². The summed E-state index contributed by atoms with van der Waals surface area (Å²) >= 11 is 3.19. The van der Waals surface area contributed by atoms with Crippen molar-refractivity contribution in [3.63, 3.8) is 0 Å². The first-order valence-corrected chi connectivity index (χ1v) is 15.6. The molecule has 1 aliphatic heterocycles. The number of nitro benzene ring substituents is 1. The van der Waals surface area contributed by atoms with Gasteiger partial charge in [-0.2, -0.15) is 4.31 Å². The van der Waals surface area contributed by atoms with Gasteiger partial charge in [-0.15, -0.1) is 22.7 Å². The van der Waals surface area contributed by atoms with Crippen molar-refractivity contribution in [1.29, 1.82) is 0 Å². The lowest BCUT2D eigenvalue weighted by Crippen LogP contribution is -2.30. The molecule has 8 nitrogen and oxygen atoms in total. The Morgan fingerprint density at radius 2 is 1.27 bits per heavy atom. The zero-order chi connectivity index (χ0) is 28.7. The van der Waals surface area contributed by atoms with E-state index in [1.807, 2.05) is 60.7 Å². The second-order valence-electron chi connectivity index (χ2n) is 9.39. The normalized spacial score (nSPS) is 13.2. The largest absolute Gasteiger partial charge is 0.497 e. The molecule has 0 atom stereocenters. The minimum Gasteiger partial charge on any atom is -0.497 e. The van der Waals surface area contributed by atoms with Gasteiger partial charge in [0.05, 0.1) is 19.1 Å². The topological polar surface area (TPSA) is 99.0 Å². The molecule has 0 N–H and O–H groups in total. The standard InChI is InChI=1S/C30H24N2O6S3/c1-37-23-9-5-7-19(13-23)26-15-21-17-31(41(35,36)28-12-4-3-11-25(28)32(33)34)18-22-16-27(40-30(22)29(21)39-26)20-8-6-10-24(14-20)38-2/h3-16H,17-18H2,1-2H3. The Morgan fingerprint density at radius 1 is 0.756 bits per heavy atom. The quantitative estimate of drug-likeness (QED) is 0.141. The van der Waals surface area contributed by atoms with E-state index in [9.17, 15) is 18.5 Å². The molecule has 2 aromatic heterocycles. The second-order valence-corrected chi connectivity index (χ2v) is 13.4. The third-order valence-electron chi connectivity index (χ3n) is 6.91. The molecule has 41 heavy (non-hydrogen) atoms. The molecule has 0 unspecified atom stereocenters. The van der Waals surface area contributed by atoms with Gasteiger partial charge in [-0.3, -0.25) is 10.1 Å². The van der Waals surface area contributed by atoms with Crippen molar-refractivity contribution < 1.29 is 22.8 Å². The van der Waals surface area contributed by atoms with Crippen LogP contribution in [0.3, 0.4) is 0 Å². The molecular weight excluding hydrogens is 581 g/mol. The van der Waals surface area contributed by atoms with Gasteiger partial charge in [0, 0.05) is 38.7 Å². The van der Waals surface area contributed by atoms with Crippen molar-refractivity contribution in [3.8, 4) is 42.1 Å². The fourth-order valence-corrected chi connectivity index (χ4v) is 8.98. The van der Waals surface area contributed by atoms with Crippen LogP contribution >= 0.6 is 22.7 Å². The number of methoxy groups -OCH3 is 2. The van der Waals surface area contributed by atoms with Gasteiger partial charge >= 0.3 is 0 Å². The molecule has 0 fully saturated rings. The number of rotatable bonds is 7. The van der Waals surface area contributed by atoms with E-state index in [0.717, 1.165) is 53.3 Å². The molecule has 0 saturated carbocycles. The third kappa shape index (κ3) is 5.02. The molecular formula is C30H24N2O6S3. The van der Waals surface area contributed by atoms with Gasteiger partial charge in [0.2, 0.25) is 0 Å². The highest BCUT2D eigenvalue weighted by Crippen LogP contribution is 2.49. The summed E-state index contributed by atoms with van der Waals surface area (Å²) in [6, 6.07) is 25.0. The highest BCUT2D eigenvalue weighted by Gasteiger charge is 2.35. The number of fused-ring (bicyclic) bond motifs is 3. The smallest absolute Gasteiger partial charge is 0.289 e. The number of sulfonamides is 1. The lowest BCUT2D eigenvalue weighted by Gasteiger charge is -2.20. The van der Waals surface area contributed by atoms with E-state index in [-0.39, 0.29) is 18.0 Å². The van der Waals surface area contributed by atoms with E-state index >= 15 is 0 Å². The summed E-state index contributed by atoms with van der Waals surface area (Å²) in [5, 5.41) is 11.7. The van der Waals surface area contributed by atoms with Crippen LogP contribution in [0.4, 0.5) is 5.69 Å². The molecule has 0 aliphatic carbocycles. The summed E-state index contributed by atoms with van der Waals surface area (Å²) < 4.78 is 40.2. The number of hydrogen-bond donors (Lipinski definition) is 0. The van der Waals surface area contributed by atoms with Crippen molar-refractivity contribution in [1.82, 2.24) is 4.31 Å². The van der Waals surface area contributed by atoms with Crippen LogP contribution in [-0.2, 0) is 23.1 Å². The number of hydrogen-bond acceptors (Lipinski definition) is 8. The van der Waals surface area contributed by atoms with E-state index in [4.69, 9.17) is 9.47 Å². The summed E-state index contributed by atoms with van der Waals surface area (Å²) in [4.78, 5) is 14.7. The first-order valence-electron chi connectivity index (χ1n) is 12.6. The number of thiophene rings is 2. The number of ether oxygens (including phenoxy) is 2. The van der Waals surface area contributed by atoms with E-state index < -0.39 is 20.6 Å². The SMILES string of the molecule is COc1cccc(-c2cc3c(s2)-c2sc(-c4cccc(OC)c4)cc2CN(S(=O)(=O)c2ccccc2[N+](=O)[O-])C3)c1. The maximum absolute atomic E-state index is 14.0. The van der Waals surface area contributed by atoms with Crippen molar-refractivity contribution >= 4 is 38.4 Å². The van der Waals surface area contributed by atoms with E-state index in [1.165, 1.54) is 28.6 Å². The Bertz CT molecular complexity index is 1800. The van der Waals surface area contributed by atoms with Gasteiger partial charge in [0.1, 0.15) is 11.5 Å². The highest BCUT2D eigenvalue weighted by atomic mass is 32.2. The van der Waals surface area contributed by atoms with E-state index in [2.05, 4.69) is 0 Å². The van der Waals surface area contributed by atoms with Crippen molar-refractivity contribution in [2.24, 2.45) is 0 Å². The third-order valence-corrected chi connectivity index (χ3v) is 11.4. The number of benzene rings is 3. The minimum atomic E-state index is -4.22. The lowest BCUT2D eigenvalue weighted by molar-refractivity contribution is -0.387. The van der Waals surface area contributed by atoms with E-state index in [0.29, 0.717) is 0 Å². The van der Waals surface area contributed by atoms with Gasteiger partial charge in [-0.1, -0.05) is 36.4 Å². The van der Waals surface area contributed by atoms with Gasteiger partial charge in [0.15, 0.2) is 4.90 Å². The number of para-hydroxylation sites is 1. The zero-order valence-electron chi connectivity index (χ0n) is 22.1. The molecule has 0 spiro atoms. The highest BCUT2D eigenvalue weighted by molar-refractivity contribution is 7.89. The van der Waals surface area contributed by atoms with Crippen LogP contribution in [0.5, 0.6) is 11.5 Å². The first kappa shape index (κ1) is 27.2. The van der Waals surface area contributed by atoms with Crippen LogP contribution in [0.1, 0.15) is 11.1 Å². The average molecular weight is 605 g/mol. The van der Waals surface area contributed by atoms with Crippen LogP contribution < -0.4 is 9.47 Å². The van der Waals surface area contributed by atoms with Gasteiger partial charge in [0.25, 0.3) is 15.7 Å². The fourth-order valence-electron chi connectivity index (χ4n) is 4.89. The molecule has 0 bridgehead atoms. The molecule has 3 heterocycles. The summed E-state index contributed by atoms with van der Waals surface area (Å²) in [5.41, 5.74) is 3.16. The molecule has 0 amide bonds. The molecule has 6 rings (SSSR count). The monoisotopic (exact) mass is 604 g/mol. The lowest BCUT2D eigenvalue weighted by atomic mass is 10.1. The van der Waals surface area contributed by atoms with Crippen LogP contribution in [0.15, 0.2) is 89.8 Å². The summed E-state index contributed by atoms with van der Waals surface area (Å²) in [6.07, 6.45) is 0. The Balaban J connectivity index is 1.52. The zero-order valence-corrected chi connectivity index (χ0v) is 24.5. The Labute approximate surface area is 245 Å². The van der Waals surface area contributed by atoms with Crippen LogP contribution in [0.2, 0.25) is 0 Å². The summed E-state index contributed by atoms with van der Waals surface area (Å²) in [6.45, 7) is 0.167. The summed E-state index contributed by atoms with van der Waals surface area (Å²) in [7, 11) is -0.983. The van der Waals surface area contributed by atoms with Gasteiger partial charge in [-0.25, -0.2) is 8.42 Å². The molecule has 1 aliphatic rings. The average Bonchev–Trinajstić information content (AvgIpc) is 3.58. The predicted molar refractivity (Wildman–Crippen MR) is 161 cm³/mol. The van der Waals surface area contributed by atoms with Crippen molar-refractivity contribution in [2.45, 2.75) is 18.0 Å². The van der Waals surface area contributed by atoms with Crippen LogP contribution in [-0.4, -0.2) is 31.9 Å². The van der Waals surface area contributed by atoms with Crippen LogP contribution in [0.25, 0.3) is 30.6 Å². The Hall–Kier alpha value is -4.03. The maximum Gasteiger partial charge on any atom is 0.289 e. The molecule has 0 radical (unpaired) electrons.